The van der Waals surface area contributed by atoms with Gasteiger partial charge in [0.1, 0.15) is 26.2 Å². The molecule has 0 aromatic heterocycles. The van der Waals surface area contributed by atoms with Gasteiger partial charge in [0, 0.05) is 18.3 Å². The van der Waals surface area contributed by atoms with E-state index >= 15 is 0 Å². The van der Waals surface area contributed by atoms with Gasteiger partial charge in [-0.25, -0.2) is 0 Å². The van der Waals surface area contributed by atoms with Crippen LogP contribution in [0, 0.1) is 13.8 Å². The Kier molecular flexibility index (Phi) is 8.28. The fraction of sp³-hybridized carbons (Fsp3) is 0.667. The summed E-state index contributed by atoms with van der Waals surface area (Å²) in [5.41, 5.74) is 3.15. The Labute approximate surface area is 181 Å². The molecule has 6 heteroatoms. The van der Waals surface area contributed by atoms with E-state index in [1.165, 1.54) is 41.9 Å². The van der Waals surface area contributed by atoms with Crippen LogP contribution in [0.3, 0.4) is 0 Å². The van der Waals surface area contributed by atoms with Gasteiger partial charge in [-0.15, -0.1) is 0 Å². The van der Waals surface area contributed by atoms with Crippen molar-refractivity contribution < 1.29 is 19.4 Å². The number of nitrogens with one attached hydrogen (secondary N) is 3. The molecule has 0 radical (unpaired) electrons. The predicted molar refractivity (Wildman–Crippen MR) is 120 cm³/mol. The summed E-state index contributed by atoms with van der Waals surface area (Å²) in [6.07, 6.45) is 6.17. The van der Waals surface area contributed by atoms with E-state index in [1.54, 1.807) is 0 Å². The van der Waals surface area contributed by atoms with Gasteiger partial charge in [-0.05, 0) is 44.7 Å². The number of piperazine rings is 1. The highest BCUT2D eigenvalue weighted by molar-refractivity contribution is 5.93. The summed E-state index contributed by atoms with van der Waals surface area (Å²) in [7, 11) is 0. The van der Waals surface area contributed by atoms with E-state index in [9.17, 15) is 9.59 Å². The smallest absolute Gasteiger partial charge is 0.279 e. The van der Waals surface area contributed by atoms with Crippen LogP contribution in [0.15, 0.2) is 18.2 Å². The number of rotatable bonds is 7. The van der Waals surface area contributed by atoms with Gasteiger partial charge in [-0.3, -0.25) is 9.59 Å². The van der Waals surface area contributed by atoms with Crippen molar-refractivity contribution in [1.29, 1.82) is 0 Å². The number of carbonyl (C=O) groups is 2. The Morgan fingerprint density at radius 2 is 1.53 bits per heavy atom. The number of hydrogen-bond donors (Lipinski definition) is 3. The van der Waals surface area contributed by atoms with Gasteiger partial charge in [0.05, 0.1) is 0 Å². The van der Waals surface area contributed by atoms with Crippen LogP contribution in [0.2, 0.25) is 0 Å². The second-order valence-corrected chi connectivity index (χ2v) is 9.14. The minimum absolute atomic E-state index is 0.0800. The van der Waals surface area contributed by atoms with E-state index in [1.807, 2.05) is 32.0 Å². The zero-order chi connectivity index (χ0) is 21.5. The predicted octanol–water partition coefficient (Wildman–Crippen LogP) is 0.207. The third-order valence-corrected chi connectivity index (χ3v) is 6.90. The Morgan fingerprint density at radius 1 is 0.967 bits per heavy atom. The molecule has 1 aliphatic carbocycles. The highest BCUT2D eigenvalue weighted by Gasteiger charge is 2.30. The molecule has 30 heavy (non-hydrogen) atoms. The number of amides is 2. The fourth-order valence-corrected chi connectivity index (χ4v) is 5.08. The van der Waals surface area contributed by atoms with Crippen molar-refractivity contribution >= 4 is 17.5 Å². The molecule has 0 bridgehead atoms. The van der Waals surface area contributed by atoms with Crippen LogP contribution in [-0.2, 0) is 9.59 Å². The molecule has 3 N–H and O–H groups in total. The van der Waals surface area contributed by atoms with Gasteiger partial charge in [0.2, 0.25) is 0 Å². The highest BCUT2D eigenvalue weighted by Crippen LogP contribution is 2.22. The second kappa shape index (κ2) is 10.9. The molecule has 0 atom stereocenters. The van der Waals surface area contributed by atoms with Gasteiger partial charge in [0.25, 0.3) is 11.8 Å². The monoisotopic (exact) mass is 416 g/mol. The van der Waals surface area contributed by atoms with E-state index in [-0.39, 0.29) is 5.91 Å². The Morgan fingerprint density at radius 3 is 2.10 bits per heavy atom. The summed E-state index contributed by atoms with van der Waals surface area (Å²) in [6.45, 7) is 11.9. The van der Waals surface area contributed by atoms with E-state index in [2.05, 4.69) is 17.1 Å². The first-order valence-electron chi connectivity index (χ1n) is 11.8. The average Bonchev–Trinajstić information content (AvgIpc) is 2.74. The van der Waals surface area contributed by atoms with Crippen LogP contribution in [0.1, 0.15) is 50.2 Å². The van der Waals surface area contributed by atoms with Gasteiger partial charge in [-0.1, -0.05) is 37.5 Å². The molecule has 1 saturated carbocycles. The van der Waals surface area contributed by atoms with Gasteiger partial charge < -0.3 is 20.0 Å². The molecule has 2 aliphatic rings. The Hall–Kier alpha value is -1.92. The lowest BCUT2D eigenvalue weighted by Crippen LogP contribution is -3.28. The Balaban J connectivity index is 1.43. The topological polar surface area (TPSA) is 58.3 Å². The molecular weight excluding hydrogens is 376 g/mol. The van der Waals surface area contributed by atoms with Crippen LogP contribution < -0.4 is 15.1 Å². The number of quaternary nitrogens is 2. The summed E-state index contributed by atoms with van der Waals surface area (Å²) in [6, 6.07) is 6.53. The highest BCUT2D eigenvalue weighted by atomic mass is 16.2. The lowest BCUT2D eigenvalue weighted by Gasteiger charge is -2.35. The van der Waals surface area contributed by atoms with E-state index < -0.39 is 0 Å². The summed E-state index contributed by atoms with van der Waals surface area (Å²) in [4.78, 5) is 30.3. The third-order valence-electron chi connectivity index (χ3n) is 6.90. The first kappa shape index (κ1) is 22.8. The van der Waals surface area contributed by atoms with Gasteiger partial charge in [0.15, 0.2) is 13.1 Å². The van der Waals surface area contributed by atoms with Crippen molar-refractivity contribution in [2.24, 2.45) is 0 Å². The minimum atomic E-state index is 0.0800. The maximum Gasteiger partial charge on any atom is 0.279 e. The second-order valence-electron chi connectivity index (χ2n) is 9.14. The molecule has 2 amide bonds. The summed E-state index contributed by atoms with van der Waals surface area (Å²) in [5, 5.41) is 3.10. The first-order valence-corrected chi connectivity index (χ1v) is 11.8. The van der Waals surface area contributed by atoms with Gasteiger partial charge in [-0.2, -0.15) is 0 Å². The van der Waals surface area contributed by atoms with Crippen molar-refractivity contribution in [1.82, 2.24) is 4.90 Å². The molecule has 1 heterocycles. The lowest BCUT2D eigenvalue weighted by atomic mass is 9.94. The largest absolute Gasteiger partial charge is 0.335 e. The number of carbonyl (C=O) groups excluding carboxylic acids is 2. The number of benzene rings is 1. The molecule has 1 saturated heterocycles. The summed E-state index contributed by atoms with van der Waals surface area (Å²) in [5.74, 6) is 0.395. The van der Waals surface area contributed by atoms with Crippen molar-refractivity contribution in [3.8, 4) is 0 Å². The first-order chi connectivity index (χ1) is 14.5. The molecule has 1 aliphatic heterocycles. The van der Waals surface area contributed by atoms with E-state index in [0.29, 0.717) is 25.0 Å². The van der Waals surface area contributed by atoms with E-state index in [0.717, 1.165) is 49.5 Å². The summed E-state index contributed by atoms with van der Waals surface area (Å²) >= 11 is 0. The quantitative estimate of drug-likeness (QED) is 0.595. The number of likely N-dealkylation sites (N-methyl/N-ethyl adjacent to an activating group) is 1. The SMILES string of the molecule is CCN(C(=O)C[NH+]1CC[NH+](CC(=O)Nc2c(C)cccc2C)CC1)C1CCCCC1. The minimum Gasteiger partial charge on any atom is -0.335 e. The van der Waals surface area contributed by atoms with Crippen molar-refractivity contribution in [2.75, 3.05) is 51.1 Å². The molecular formula is C24H40N4O2+2. The number of anilines is 1. The lowest BCUT2D eigenvalue weighted by molar-refractivity contribution is -1.00. The normalized spacial score (nSPS) is 22.5. The van der Waals surface area contributed by atoms with Crippen LogP contribution in [0.4, 0.5) is 5.69 Å². The van der Waals surface area contributed by atoms with Crippen molar-refractivity contribution in [2.45, 2.75) is 58.9 Å². The molecule has 2 fully saturated rings. The Bertz CT molecular complexity index is 702. The maximum atomic E-state index is 12.9. The van der Waals surface area contributed by atoms with Crippen molar-refractivity contribution in [3.05, 3.63) is 29.3 Å². The molecule has 0 unspecified atom stereocenters. The standard InChI is InChI=1S/C24H38N4O2/c1-4-28(21-11-6-5-7-12-21)23(30)18-27-15-13-26(14-16-27)17-22(29)25-24-19(2)9-8-10-20(24)3/h8-10,21H,4-7,11-18H2,1-3H3,(H,25,29)/p+2. The molecule has 3 rings (SSSR count). The van der Waals surface area contributed by atoms with Crippen LogP contribution in [0.25, 0.3) is 0 Å². The average molecular weight is 417 g/mol. The fourth-order valence-electron chi connectivity index (χ4n) is 5.08. The molecule has 1 aromatic rings. The van der Waals surface area contributed by atoms with Gasteiger partial charge >= 0.3 is 0 Å². The third kappa shape index (κ3) is 6.05. The van der Waals surface area contributed by atoms with E-state index in [4.69, 9.17) is 0 Å². The number of nitrogens with zero attached hydrogens (tertiary/aromatic N) is 1. The zero-order valence-electron chi connectivity index (χ0n) is 19.1. The number of aryl methyl sites for hydroxylation is 2. The van der Waals surface area contributed by atoms with Crippen LogP contribution in [0.5, 0.6) is 0 Å². The molecule has 1 aromatic carbocycles. The van der Waals surface area contributed by atoms with Crippen LogP contribution in [-0.4, -0.2) is 68.6 Å². The maximum absolute atomic E-state index is 12.9. The molecule has 166 valence electrons. The number of para-hydroxylation sites is 1. The molecule has 0 spiro atoms. The zero-order valence-corrected chi connectivity index (χ0v) is 19.1. The summed E-state index contributed by atoms with van der Waals surface area (Å²) < 4.78 is 0. The van der Waals surface area contributed by atoms with Crippen molar-refractivity contribution in [3.63, 3.8) is 0 Å². The molecule has 6 nitrogen and oxygen atoms in total. The van der Waals surface area contributed by atoms with Crippen LogP contribution >= 0.6 is 0 Å². The number of hydrogen-bond acceptors (Lipinski definition) is 2.